The van der Waals surface area contributed by atoms with Gasteiger partial charge in [0.15, 0.2) is 0 Å². The van der Waals surface area contributed by atoms with Crippen molar-refractivity contribution in [2.24, 2.45) is 5.41 Å². The van der Waals surface area contributed by atoms with Gasteiger partial charge in [-0.05, 0) is 58.1 Å². The molecule has 3 atom stereocenters. The number of likely N-dealkylation sites (tertiary alicyclic amines) is 1. The monoisotopic (exact) mass is 405 g/mol. The molecule has 25 heavy (non-hydrogen) atoms. The molecule has 0 spiro atoms. The number of amides is 1. The average molecular weight is 406 g/mol. The van der Waals surface area contributed by atoms with Gasteiger partial charge in [-0.2, -0.15) is 0 Å². The zero-order valence-corrected chi connectivity index (χ0v) is 17.2. The van der Waals surface area contributed by atoms with Crippen LogP contribution in [0.4, 0.5) is 4.79 Å². The van der Waals surface area contributed by atoms with Crippen molar-refractivity contribution >= 4 is 22.0 Å². The highest BCUT2D eigenvalue weighted by atomic mass is 79.9. The van der Waals surface area contributed by atoms with Crippen LogP contribution in [0.25, 0.3) is 0 Å². The Morgan fingerprint density at radius 1 is 1.32 bits per heavy atom. The maximum absolute atomic E-state index is 13.1. The molecular formula is C21H28BrNO2. The Morgan fingerprint density at radius 3 is 2.72 bits per heavy atom. The maximum atomic E-state index is 13.1. The summed E-state index contributed by atoms with van der Waals surface area (Å²) in [6, 6.07) is 8.43. The maximum Gasteiger partial charge on any atom is 0.411 e. The van der Waals surface area contributed by atoms with Crippen LogP contribution in [0, 0.1) is 5.41 Å². The molecule has 1 saturated heterocycles. The molecule has 4 heteroatoms. The predicted octanol–water partition coefficient (Wildman–Crippen LogP) is 6.25. The summed E-state index contributed by atoms with van der Waals surface area (Å²) < 4.78 is 6.85. The van der Waals surface area contributed by atoms with Crippen LogP contribution in [0.2, 0.25) is 0 Å². The zero-order chi connectivity index (χ0) is 18.2. The molecule has 1 aromatic carbocycles. The fourth-order valence-electron chi connectivity index (χ4n) is 4.19. The summed E-state index contributed by atoms with van der Waals surface area (Å²) in [6.07, 6.45) is 8.57. The summed E-state index contributed by atoms with van der Waals surface area (Å²) in [6.45, 7) is 8.08. The van der Waals surface area contributed by atoms with Crippen LogP contribution >= 0.6 is 15.9 Å². The van der Waals surface area contributed by atoms with E-state index in [1.165, 1.54) is 0 Å². The third-order valence-electron chi connectivity index (χ3n) is 5.28. The number of carbonyl (C=O) groups is 1. The van der Waals surface area contributed by atoms with Gasteiger partial charge in [0.25, 0.3) is 0 Å². The summed E-state index contributed by atoms with van der Waals surface area (Å²) in [7, 11) is 0. The molecule has 0 bridgehead atoms. The number of allylic oxidation sites excluding steroid dienone is 1. The van der Waals surface area contributed by atoms with E-state index in [0.717, 1.165) is 35.7 Å². The molecule has 3 nitrogen and oxygen atoms in total. The number of rotatable bonds is 1. The molecule has 136 valence electrons. The van der Waals surface area contributed by atoms with Crippen LogP contribution in [0.3, 0.4) is 0 Å². The first-order valence-electron chi connectivity index (χ1n) is 9.15. The number of ether oxygens (including phenoxy) is 1. The minimum absolute atomic E-state index is 0.00659. The molecule has 0 unspecified atom stereocenters. The quantitative estimate of drug-likeness (QED) is 0.516. The average Bonchev–Trinajstić information content (AvgIpc) is 2.66. The van der Waals surface area contributed by atoms with E-state index in [-0.39, 0.29) is 23.6 Å². The molecule has 1 aliphatic carbocycles. The Labute approximate surface area is 159 Å². The number of benzene rings is 1. The number of halogens is 1. The first kappa shape index (κ1) is 18.5. The lowest BCUT2D eigenvalue weighted by Crippen LogP contribution is -2.44. The number of fused-ring (bicyclic) bond motifs is 1. The van der Waals surface area contributed by atoms with E-state index >= 15 is 0 Å². The van der Waals surface area contributed by atoms with Gasteiger partial charge in [-0.3, -0.25) is 4.90 Å². The van der Waals surface area contributed by atoms with Gasteiger partial charge in [0.05, 0.1) is 6.04 Å². The van der Waals surface area contributed by atoms with Gasteiger partial charge in [-0.25, -0.2) is 4.79 Å². The summed E-state index contributed by atoms with van der Waals surface area (Å²) in [4.78, 5) is 15.1. The molecule has 3 rings (SSSR count). The van der Waals surface area contributed by atoms with Gasteiger partial charge < -0.3 is 4.74 Å². The van der Waals surface area contributed by atoms with Crippen molar-refractivity contribution in [2.45, 2.75) is 71.1 Å². The first-order chi connectivity index (χ1) is 11.7. The van der Waals surface area contributed by atoms with Crippen LogP contribution in [-0.4, -0.2) is 22.6 Å². The van der Waals surface area contributed by atoms with Crippen LogP contribution in [0.15, 0.2) is 40.9 Å². The Bertz CT molecular complexity index is 679. The Morgan fingerprint density at radius 2 is 2.04 bits per heavy atom. The lowest BCUT2D eigenvalue weighted by Gasteiger charge is -2.35. The smallest absolute Gasteiger partial charge is 0.411 e. The second-order valence-electron chi connectivity index (χ2n) is 8.48. The van der Waals surface area contributed by atoms with Crippen molar-refractivity contribution in [2.75, 3.05) is 0 Å². The van der Waals surface area contributed by atoms with E-state index < -0.39 is 5.60 Å². The van der Waals surface area contributed by atoms with Crippen molar-refractivity contribution in [3.8, 4) is 0 Å². The van der Waals surface area contributed by atoms with Crippen LogP contribution in [0.5, 0.6) is 0 Å². The summed E-state index contributed by atoms with van der Waals surface area (Å²) >= 11 is 3.68. The number of hydrogen-bond donors (Lipinski definition) is 0. The summed E-state index contributed by atoms with van der Waals surface area (Å²) in [5.74, 6) is 0. The van der Waals surface area contributed by atoms with Crippen LogP contribution in [-0.2, 0) is 4.74 Å². The van der Waals surface area contributed by atoms with Crippen molar-refractivity contribution in [3.63, 3.8) is 0 Å². The van der Waals surface area contributed by atoms with E-state index in [9.17, 15) is 4.79 Å². The highest BCUT2D eigenvalue weighted by molar-refractivity contribution is 9.10. The second kappa shape index (κ2) is 6.79. The molecule has 0 aromatic heterocycles. The Hall–Kier alpha value is -1.29. The molecule has 2 aliphatic rings. The molecule has 1 heterocycles. The molecule has 1 amide bonds. The number of nitrogens with zero attached hydrogens (tertiary/aromatic N) is 1. The van der Waals surface area contributed by atoms with Gasteiger partial charge in [-0.15, -0.1) is 0 Å². The normalized spacial score (nSPS) is 29.2. The zero-order valence-electron chi connectivity index (χ0n) is 15.6. The fourth-order valence-corrected chi connectivity index (χ4v) is 4.74. The predicted molar refractivity (Wildman–Crippen MR) is 104 cm³/mol. The first-order valence-corrected chi connectivity index (χ1v) is 9.94. The topological polar surface area (TPSA) is 29.5 Å². The SMILES string of the molecule is CC(C)(C)OC(=O)N1[C@H]2CCCC=C[C@@]2(C)C[C@H]1c1ccccc1Br. The molecular weight excluding hydrogens is 378 g/mol. The molecule has 1 aliphatic heterocycles. The van der Waals surface area contributed by atoms with E-state index in [1.54, 1.807) is 0 Å². The number of carbonyl (C=O) groups excluding carboxylic acids is 1. The van der Waals surface area contributed by atoms with Gasteiger partial charge in [-0.1, -0.05) is 53.2 Å². The summed E-state index contributed by atoms with van der Waals surface area (Å²) in [5, 5.41) is 0. The molecule has 0 saturated carbocycles. The largest absolute Gasteiger partial charge is 0.444 e. The fraction of sp³-hybridized carbons (Fsp3) is 0.571. The van der Waals surface area contributed by atoms with Crippen molar-refractivity contribution < 1.29 is 9.53 Å². The van der Waals surface area contributed by atoms with Gasteiger partial charge in [0.1, 0.15) is 5.60 Å². The summed E-state index contributed by atoms with van der Waals surface area (Å²) in [5.41, 5.74) is 0.665. The Kier molecular flexibility index (Phi) is 5.02. The van der Waals surface area contributed by atoms with Crippen molar-refractivity contribution in [1.29, 1.82) is 0 Å². The third-order valence-corrected chi connectivity index (χ3v) is 6.00. The highest BCUT2D eigenvalue weighted by Crippen LogP contribution is 2.52. The van der Waals surface area contributed by atoms with E-state index in [2.05, 4.69) is 47.1 Å². The molecule has 1 aromatic rings. The standard InChI is InChI=1S/C21H28BrNO2/c1-20(2,3)25-19(24)23-17(15-10-7-8-11-16(15)22)14-21(4)13-9-5-6-12-18(21)23/h7-11,13,17-18H,5-6,12,14H2,1-4H3/t17-,18-,21-/m0/s1. The lowest BCUT2D eigenvalue weighted by atomic mass is 9.80. The van der Waals surface area contributed by atoms with Gasteiger partial charge >= 0.3 is 6.09 Å². The van der Waals surface area contributed by atoms with E-state index in [1.807, 2.05) is 37.8 Å². The second-order valence-corrected chi connectivity index (χ2v) is 9.34. The van der Waals surface area contributed by atoms with Gasteiger partial charge in [0, 0.05) is 15.9 Å². The van der Waals surface area contributed by atoms with Gasteiger partial charge in [0.2, 0.25) is 0 Å². The van der Waals surface area contributed by atoms with Crippen LogP contribution in [0.1, 0.15) is 65.0 Å². The molecule has 0 radical (unpaired) electrons. The van der Waals surface area contributed by atoms with Crippen molar-refractivity contribution in [1.82, 2.24) is 4.90 Å². The molecule has 0 N–H and O–H groups in total. The van der Waals surface area contributed by atoms with E-state index in [4.69, 9.17) is 4.74 Å². The van der Waals surface area contributed by atoms with Crippen LogP contribution < -0.4 is 0 Å². The van der Waals surface area contributed by atoms with E-state index in [0.29, 0.717) is 0 Å². The third kappa shape index (κ3) is 3.79. The minimum atomic E-state index is -0.491. The van der Waals surface area contributed by atoms with Crippen molar-refractivity contribution in [3.05, 3.63) is 46.5 Å². The lowest BCUT2D eigenvalue weighted by molar-refractivity contribution is 0.0103. The highest BCUT2D eigenvalue weighted by Gasteiger charge is 2.51. The molecule has 1 fully saturated rings. The Balaban J connectivity index is 2.03. The number of hydrogen-bond acceptors (Lipinski definition) is 2. The minimum Gasteiger partial charge on any atom is -0.444 e.